The smallest absolute Gasteiger partial charge is 0.152 e. The van der Waals surface area contributed by atoms with Crippen molar-refractivity contribution in [2.24, 2.45) is 0 Å². The Bertz CT molecular complexity index is 578. The number of anilines is 1. The van der Waals surface area contributed by atoms with E-state index in [1.165, 1.54) is 38.8 Å². The Morgan fingerprint density at radius 3 is 3.16 bits per heavy atom. The van der Waals surface area contributed by atoms with Crippen LogP contribution in [0, 0.1) is 0 Å². The van der Waals surface area contributed by atoms with Gasteiger partial charge in [0.1, 0.15) is 5.52 Å². The highest BCUT2D eigenvalue weighted by atomic mass is 15.3. The second-order valence-electron chi connectivity index (χ2n) is 5.58. The average molecular weight is 257 g/mol. The van der Waals surface area contributed by atoms with E-state index in [1.54, 1.807) is 0 Å². The zero-order valence-electron chi connectivity index (χ0n) is 11.0. The van der Waals surface area contributed by atoms with Crippen LogP contribution in [0.1, 0.15) is 25.7 Å². The number of hydrogen-bond donors (Lipinski definition) is 1. The van der Waals surface area contributed by atoms with Crippen molar-refractivity contribution in [1.82, 2.24) is 19.5 Å². The fourth-order valence-electron chi connectivity index (χ4n) is 3.56. The lowest BCUT2D eigenvalue weighted by molar-refractivity contribution is 0.192. The maximum Gasteiger partial charge on any atom is 0.152 e. The molecule has 19 heavy (non-hydrogen) atoms. The van der Waals surface area contributed by atoms with Crippen LogP contribution in [0.2, 0.25) is 0 Å². The lowest BCUT2D eigenvalue weighted by Crippen LogP contribution is -2.41. The number of aromatic nitrogens is 3. The van der Waals surface area contributed by atoms with Crippen molar-refractivity contribution < 1.29 is 0 Å². The van der Waals surface area contributed by atoms with Gasteiger partial charge in [-0.3, -0.25) is 4.90 Å². The molecule has 2 unspecified atom stereocenters. The van der Waals surface area contributed by atoms with Crippen molar-refractivity contribution in [3.8, 4) is 0 Å². The fourth-order valence-corrected chi connectivity index (χ4v) is 3.56. The quantitative estimate of drug-likeness (QED) is 0.890. The molecule has 2 atom stereocenters. The SMILES string of the molecule is c1cn2nccc2c(NC2CCN3CCCCC23)n1. The number of nitrogens with zero attached hydrogens (tertiary/aromatic N) is 4. The van der Waals surface area contributed by atoms with Gasteiger partial charge < -0.3 is 5.32 Å². The molecule has 100 valence electrons. The summed E-state index contributed by atoms with van der Waals surface area (Å²) in [6, 6.07) is 3.25. The predicted molar refractivity (Wildman–Crippen MR) is 74.2 cm³/mol. The summed E-state index contributed by atoms with van der Waals surface area (Å²) in [5, 5.41) is 7.92. The second-order valence-corrected chi connectivity index (χ2v) is 5.58. The van der Waals surface area contributed by atoms with E-state index in [4.69, 9.17) is 0 Å². The summed E-state index contributed by atoms with van der Waals surface area (Å²) in [5.74, 6) is 0.970. The summed E-state index contributed by atoms with van der Waals surface area (Å²) >= 11 is 0. The largest absolute Gasteiger partial charge is 0.364 e. The number of hydrogen-bond acceptors (Lipinski definition) is 4. The Kier molecular flexibility index (Phi) is 2.65. The molecule has 2 saturated heterocycles. The minimum Gasteiger partial charge on any atom is -0.364 e. The van der Waals surface area contributed by atoms with Crippen LogP contribution >= 0.6 is 0 Å². The molecule has 0 bridgehead atoms. The molecule has 1 N–H and O–H groups in total. The summed E-state index contributed by atoms with van der Waals surface area (Å²) in [7, 11) is 0. The third-order valence-corrected chi connectivity index (χ3v) is 4.50. The summed E-state index contributed by atoms with van der Waals surface area (Å²) in [6.45, 7) is 2.50. The van der Waals surface area contributed by atoms with Crippen molar-refractivity contribution in [3.63, 3.8) is 0 Å². The van der Waals surface area contributed by atoms with Crippen molar-refractivity contribution in [3.05, 3.63) is 24.7 Å². The van der Waals surface area contributed by atoms with E-state index in [9.17, 15) is 0 Å². The van der Waals surface area contributed by atoms with Crippen molar-refractivity contribution >= 4 is 11.3 Å². The van der Waals surface area contributed by atoms with Gasteiger partial charge in [-0.2, -0.15) is 5.10 Å². The first-order valence-corrected chi connectivity index (χ1v) is 7.21. The van der Waals surface area contributed by atoms with Crippen LogP contribution in [0.5, 0.6) is 0 Å². The molecule has 0 spiro atoms. The minimum absolute atomic E-state index is 0.536. The van der Waals surface area contributed by atoms with E-state index in [0.29, 0.717) is 12.1 Å². The van der Waals surface area contributed by atoms with Gasteiger partial charge in [0, 0.05) is 31.0 Å². The second kappa shape index (κ2) is 4.49. The topological polar surface area (TPSA) is 45.5 Å². The van der Waals surface area contributed by atoms with Gasteiger partial charge in [0.25, 0.3) is 0 Å². The first-order chi connectivity index (χ1) is 9.42. The molecular formula is C14H19N5. The minimum atomic E-state index is 0.536. The van der Waals surface area contributed by atoms with E-state index in [0.717, 1.165) is 11.3 Å². The third kappa shape index (κ3) is 1.89. The van der Waals surface area contributed by atoms with Crippen LogP contribution in [0.3, 0.4) is 0 Å². The molecule has 0 amide bonds. The highest BCUT2D eigenvalue weighted by Crippen LogP contribution is 2.29. The molecule has 4 rings (SSSR count). The highest BCUT2D eigenvalue weighted by molar-refractivity contribution is 5.67. The molecule has 0 radical (unpaired) electrons. The zero-order chi connectivity index (χ0) is 12.7. The molecule has 2 fully saturated rings. The molecule has 5 nitrogen and oxygen atoms in total. The van der Waals surface area contributed by atoms with Gasteiger partial charge in [-0.25, -0.2) is 9.50 Å². The maximum atomic E-state index is 4.49. The van der Waals surface area contributed by atoms with Gasteiger partial charge in [0.2, 0.25) is 0 Å². The first-order valence-electron chi connectivity index (χ1n) is 7.21. The highest BCUT2D eigenvalue weighted by Gasteiger charge is 2.35. The number of nitrogens with one attached hydrogen (secondary N) is 1. The molecule has 5 heteroatoms. The summed E-state index contributed by atoms with van der Waals surface area (Å²) in [4.78, 5) is 7.13. The van der Waals surface area contributed by atoms with Gasteiger partial charge >= 0.3 is 0 Å². The molecule has 0 saturated carbocycles. The van der Waals surface area contributed by atoms with Gasteiger partial charge in [-0.05, 0) is 31.9 Å². The Morgan fingerprint density at radius 2 is 2.16 bits per heavy atom. The molecule has 0 aliphatic carbocycles. The van der Waals surface area contributed by atoms with Crippen molar-refractivity contribution in [2.45, 2.75) is 37.8 Å². The zero-order valence-corrected chi connectivity index (χ0v) is 11.0. The Labute approximate surface area is 112 Å². The van der Waals surface area contributed by atoms with Crippen LogP contribution in [-0.4, -0.2) is 44.7 Å². The Hall–Kier alpha value is -1.62. The predicted octanol–water partition coefficient (Wildman–Crippen LogP) is 1.77. The number of piperidine rings is 1. The van der Waals surface area contributed by atoms with Gasteiger partial charge in [0.15, 0.2) is 5.82 Å². The van der Waals surface area contributed by atoms with Crippen LogP contribution in [0.25, 0.3) is 5.52 Å². The summed E-state index contributed by atoms with van der Waals surface area (Å²) < 4.78 is 1.88. The normalized spacial score (nSPS) is 27.6. The molecular weight excluding hydrogens is 238 g/mol. The van der Waals surface area contributed by atoms with E-state index in [2.05, 4.69) is 20.3 Å². The molecule has 2 aromatic heterocycles. The molecule has 2 aliphatic rings. The molecule has 2 aliphatic heterocycles. The first kappa shape index (κ1) is 11.2. The van der Waals surface area contributed by atoms with Gasteiger partial charge in [-0.1, -0.05) is 6.42 Å². The Balaban J connectivity index is 1.59. The molecule has 0 aromatic carbocycles. The monoisotopic (exact) mass is 257 g/mol. The standard InChI is InChI=1S/C14H19N5/c1-2-8-18-9-5-11(12(18)3-1)17-14-13-4-6-16-19(13)10-7-15-14/h4,6-7,10-12H,1-3,5,8-9H2,(H,15,17). The van der Waals surface area contributed by atoms with Gasteiger partial charge in [0.05, 0.1) is 6.20 Å². The van der Waals surface area contributed by atoms with E-state index in [-0.39, 0.29) is 0 Å². The van der Waals surface area contributed by atoms with Crippen LogP contribution < -0.4 is 5.32 Å². The van der Waals surface area contributed by atoms with Crippen molar-refractivity contribution in [2.75, 3.05) is 18.4 Å². The van der Waals surface area contributed by atoms with Gasteiger partial charge in [-0.15, -0.1) is 0 Å². The van der Waals surface area contributed by atoms with Crippen LogP contribution in [0.15, 0.2) is 24.7 Å². The summed E-state index contributed by atoms with van der Waals surface area (Å²) in [5.41, 5.74) is 1.07. The molecule has 4 heterocycles. The molecule has 2 aromatic rings. The van der Waals surface area contributed by atoms with E-state index >= 15 is 0 Å². The van der Waals surface area contributed by atoms with E-state index in [1.807, 2.05) is 29.2 Å². The van der Waals surface area contributed by atoms with Crippen LogP contribution in [0.4, 0.5) is 5.82 Å². The van der Waals surface area contributed by atoms with Crippen LogP contribution in [-0.2, 0) is 0 Å². The number of fused-ring (bicyclic) bond motifs is 2. The number of rotatable bonds is 2. The maximum absolute atomic E-state index is 4.49. The lowest BCUT2D eigenvalue weighted by atomic mass is 9.99. The lowest BCUT2D eigenvalue weighted by Gasteiger charge is -2.32. The van der Waals surface area contributed by atoms with Crippen molar-refractivity contribution in [1.29, 1.82) is 0 Å². The fraction of sp³-hybridized carbons (Fsp3) is 0.571. The summed E-state index contributed by atoms with van der Waals surface area (Å²) in [6.07, 6.45) is 10.8. The Morgan fingerprint density at radius 1 is 1.16 bits per heavy atom. The third-order valence-electron chi connectivity index (χ3n) is 4.50. The van der Waals surface area contributed by atoms with E-state index < -0.39 is 0 Å². The average Bonchev–Trinajstić information content (AvgIpc) is 3.06.